The quantitative estimate of drug-likeness (QED) is 0.211. The number of anilines is 2. The molecule has 1 unspecified atom stereocenters. The van der Waals surface area contributed by atoms with Gasteiger partial charge in [-0.25, -0.2) is 0 Å². The Bertz CT molecular complexity index is 1520. The van der Waals surface area contributed by atoms with Gasteiger partial charge in [0, 0.05) is 103 Å². The highest BCUT2D eigenvalue weighted by Crippen LogP contribution is 2.24. The number of piperazine rings is 1. The molecule has 4 aliphatic rings. The predicted molar refractivity (Wildman–Crippen MR) is 240 cm³/mol. The summed E-state index contributed by atoms with van der Waals surface area (Å²) in [6.07, 6.45) is 13.1. The molecule has 6 rings (SSSR count). The molecule has 0 aromatic heterocycles. The van der Waals surface area contributed by atoms with Crippen molar-refractivity contribution in [3.63, 3.8) is 0 Å². The van der Waals surface area contributed by atoms with Gasteiger partial charge < -0.3 is 24.3 Å². The van der Waals surface area contributed by atoms with Crippen LogP contribution in [-0.2, 0) is 30.3 Å². The molecule has 0 spiro atoms. The Kier molecular flexibility index (Phi) is 25.1. The summed E-state index contributed by atoms with van der Waals surface area (Å²) in [5.74, 6) is 1.43. The van der Waals surface area contributed by atoms with Gasteiger partial charge in [-0.15, -0.1) is 0 Å². The lowest BCUT2D eigenvalue weighted by Crippen LogP contribution is -2.48. The van der Waals surface area contributed by atoms with Crippen LogP contribution in [0.2, 0.25) is 0 Å². The Morgan fingerprint density at radius 3 is 1.59 bits per heavy atom. The highest BCUT2D eigenvalue weighted by Gasteiger charge is 2.19. The molecule has 10 heteroatoms. The first-order valence-corrected chi connectivity index (χ1v) is 21.0. The molecule has 10 nitrogen and oxygen atoms in total. The van der Waals surface area contributed by atoms with E-state index in [9.17, 15) is 24.0 Å². The summed E-state index contributed by atoms with van der Waals surface area (Å²) in [7, 11) is 4.00. The van der Waals surface area contributed by atoms with Crippen molar-refractivity contribution in [2.75, 3.05) is 69.8 Å². The molecular weight excluding hydrogens is 729 g/mol. The Labute approximate surface area is 351 Å². The van der Waals surface area contributed by atoms with E-state index in [1.807, 2.05) is 77.3 Å². The molecular formula is C48H76N4O6. The lowest BCUT2D eigenvalue weighted by Gasteiger charge is -2.35. The van der Waals surface area contributed by atoms with Crippen LogP contribution in [0.3, 0.4) is 0 Å². The second kappa shape index (κ2) is 28.2. The number of carbonyl (C=O) groups is 5. The van der Waals surface area contributed by atoms with Crippen molar-refractivity contribution in [1.82, 2.24) is 9.80 Å². The van der Waals surface area contributed by atoms with Crippen LogP contribution in [0.5, 0.6) is 0 Å². The molecule has 0 bridgehead atoms. The fraction of sp³-hybridized carbons (Fsp3) is 0.604. The van der Waals surface area contributed by atoms with Crippen LogP contribution < -0.4 is 9.80 Å². The molecule has 324 valence electrons. The summed E-state index contributed by atoms with van der Waals surface area (Å²) < 4.78 is 5.28. The molecule has 2 amide bonds. The largest absolute Gasteiger partial charge is 0.379 e. The Morgan fingerprint density at radius 1 is 0.690 bits per heavy atom. The number of benzene rings is 2. The summed E-state index contributed by atoms with van der Waals surface area (Å²) in [6, 6.07) is 15.7. The summed E-state index contributed by atoms with van der Waals surface area (Å²) in [5, 5.41) is 0. The molecule has 4 fully saturated rings. The summed E-state index contributed by atoms with van der Waals surface area (Å²) >= 11 is 0. The van der Waals surface area contributed by atoms with E-state index in [0.29, 0.717) is 24.2 Å². The third kappa shape index (κ3) is 20.9. The van der Waals surface area contributed by atoms with Crippen LogP contribution in [0, 0.1) is 5.92 Å². The topological polar surface area (TPSA) is 108 Å². The summed E-state index contributed by atoms with van der Waals surface area (Å²) in [5.41, 5.74) is 5.37. The van der Waals surface area contributed by atoms with Gasteiger partial charge in [0.25, 0.3) is 0 Å². The first kappa shape index (κ1) is 51.7. The minimum atomic E-state index is 0. The number of rotatable bonds is 6. The Morgan fingerprint density at radius 2 is 1.21 bits per heavy atom. The normalized spacial score (nSPS) is 17.8. The van der Waals surface area contributed by atoms with Crippen LogP contribution in [-0.4, -0.2) is 105 Å². The molecule has 2 aromatic carbocycles. The van der Waals surface area contributed by atoms with Crippen molar-refractivity contribution in [2.45, 2.75) is 126 Å². The fourth-order valence-electron chi connectivity index (χ4n) is 6.93. The number of carbonyl (C=O) groups excluding carboxylic acids is 5. The maximum Gasteiger partial charge on any atom is 0.219 e. The predicted octanol–water partition coefficient (Wildman–Crippen LogP) is 8.99. The number of piperidine rings is 1. The van der Waals surface area contributed by atoms with Gasteiger partial charge in [-0.05, 0) is 115 Å². The zero-order chi connectivity index (χ0) is 42.3. The molecule has 1 aliphatic carbocycles. The van der Waals surface area contributed by atoms with E-state index in [1.54, 1.807) is 34.6 Å². The molecule has 3 heterocycles. The highest BCUT2D eigenvalue weighted by molar-refractivity contribution is 5.94. The smallest absolute Gasteiger partial charge is 0.219 e. The van der Waals surface area contributed by atoms with Crippen LogP contribution in [0.15, 0.2) is 60.7 Å². The number of ketones is 3. The van der Waals surface area contributed by atoms with E-state index in [0.717, 1.165) is 94.1 Å². The van der Waals surface area contributed by atoms with E-state index in [2.05, 4.69) is 18.4 Å². The van der Waals surface area contributed by atoms with Crippen molar-refractivity contribution >= 4 is 40.5 Å². The molecule has 2 aromatic rings. The third-order valence-corrected chi connectivity index (χ3v) is 10.8. The van der Waals surface area contributed by atoms with Gasteiger partial charge in [0.2, 0.25) is 11.8 Å². The standard InChI is InChI=1S/C14H18N2O2.C11H15NO.C8H13NO.C8H14O.C6H12O.CH4/c1-11(17)13-3-5-14(6-4-13)16-9-7-15(8-10-16)12(2)18;1-9(13)8-10-4-6-11(7-5-10)12(2)3;1-7-3-5-9(6-4-7)8(2)10;1-7(9)8-5-3-2-4-6-8;1-6-4-2-3-5-7-6;/h3-6H,7-10H2,1-2H3;4-7H,8H2,1-3H3;1,3-6H2,2H3;8H,2-6H2,1H3;6H,2-5H2,1H3;1H4. The summed E-state index contributed by atoms with van der Waals surface area (Å²) in [4.78, 5) is 62.9. The zero-order valence-corrected chi connectivity index (χ0v) is 36.4. The minimum absolute atomic E-state index is 0. The molecule has 0 N–H and O–H groups in total. The second-order valence-corrected chi connectivity index (χ2v) is 15.9. The number of hydrogen-bond acceptors (Lipinski definition) is 8. The van der Waals surface area contributed by atoms with Crippen molar-refractivity contribution in [3.05, 3.63) is 71.8 Å². The van der Waals surface area contributed by atoms with E-state index < -0.39 is 0 Å². The number of likely N-dealkylation sites (tertiary alicyclic amines) is 1. The van der Waals surface area contributed by atoms with Gasteiger partial charge in [-0.1, -0.05) is 51.0 Å². The van der Waals surface area contributed by atoms with Crippen LogP contribution in [0.25, 0.3) is 0 Å². The maximum atomic E-state index is 11.2. The zero-order valence-electron chi connectivity index (χ0n) is 36.4. The molecule has 58 heavy (non-hydrogen) atoms. The van der Waals surface area contributed by atoms with Crippen LogP contribution in [0.1, 0.15) is 129 Å². The second-order valence-electron chi connectivity index (χ2n) is 15.9. The first-order valence-electron chi connectivity index (χ1n) is 21.0. The lowest BCUT2D eigenvalue weighted by molar-refractivity contribution is -0.130. The van der Waals surface area contributed by atoms with E-state index >= 15 is 0 Å². The number of ether oxygens (including phenoxy) is 1. The number of amides is 2. The average molecular weight is 805 g/mol. The number of hydrogen-bond donors (Lipinski definition) is 0. The van der Waals surface area contributed by atoms with Gasteiger partial charge in [-0.3, -0.25) is 24.0 Å². The van der Waals surface area contributed by atoms with Crippen molar-refractivity contribution in [1.29, 1.82) is 0 Å². The Balaban J connectivity index is 0.000000375. The van der Waals surface area contributed by atoms with Crippen molar-refractivity contribution < 1.29 is 28.7 Å². The van der Waals surface area contributed by atoms with Gasteiger partial charge in [0.1, 0.15) is 11.6 Å². The van der Waals surface area contributed by atoms with Gasteiger partial charge >= 0.3 is 0 Å². The highest BCUT2D eigenvalue weighted by atomic mass is 16.5. The fourth-order valence-corrected chi connectivity index (χ4v) is 6.93. The van der Waals surface area contributed by atoms with Gasteiger partial charge in [-0.2, -0.15) is 0 Å². The lowest BCUT2D eigenvalue weighted by atomic mass is 9.87. The molecule has 1 saturated carbocycles. The molecule has 1 atom stereocenters. The maximum absolute atomic E-state index is 11.2. The monoisotopic (exact) mass is 805 g/mol. The van der Waals surface area contributed by atoms with Crippen LogP contribution in [0.4, 0.5) is 11.4 Å². The van der Waals surface area contributed by atoms with Crippen LogP contribution >= 0.6 is 0 Å². The molecule has 3 saturated heterocycles. The molecule has 0 radical (unpaired) electrons. The van der Waals surface area contributed by atoms with Crippen molar-refractivity contribution in [2.24, 2.45) is 5.92 Å². The summed E-state index contributed by atoms with van der Waals surface area (Å²) in [6.45, 7) is 20.1. The average Bonchev–Trinajstić information content (AvgIpc) is 3.20. The third-order valence-electron chi connectivity index (χ3n) is 10.8. The van der Waals surface area contributed by atoms with Gasteiger partial charge in [0.15, 0.2) is 5.78 Å². The van der Waals surface area contributed by atoms with E-state index in [4.69, 9.17) is 4.74 Å². The first-order chi connectivity index (χ1) is 27.1. The SMILES string of the molecule is C.C=C1CCN(C(C)=O)CC1.CC(=O)C1CCCCC1.CC(=O)Cc1ccc(N(C)C)cc1.CC(=O)c1ccc(N2CCN(C(C)=O)CC2)cc1.CC1CCCCO1. The van der Waals surface area contributed by atoms with Gasteiger partial charge in [0.05, 0.1) is 6.10 Å². The van der Waals surface area contributed by atoms with E-state index in [1.165, 1.54) is 44.1 Å². The number of nitrogens with zero attached hydrogens (tertiary/aromatic N) is 4. The minimum Gasteiger partial charge on any atom is -0.379 e. The number of Topliss-reactive ketones (excluding diaryl/α,β-unsaturated/α-hetero) is 3. The Hall–Kier alpha value is -4.31. The van der Waals surface area contributed by atoms with E-state index in [-0.39, 0.29) is 30.8 Å². The molecule has 3 aliphatic heterocycles. The van der Waals surface area contributed by atoms with Crippen molar-refractivity contribution in [3.8, 4) is 0 Å².